The highest BCUT2D eigenvalue weighted by molar-refractivity contribution is 6.30. The Balaban J connectivity index is 1.73. The van der Waals surface area contributed by atoms with E-state index in [2.05, 4.69) is 10.1 Å². The van der Waals surface area contributed by atoms with Gasteiger partial charge in [-0.2, -0.15) is 0 Å². The summed E-state index contributed by atoms with van der Waals surface area (Å²) >= 11 is 5.81. The average Bonchev–Trinajstić information content (AvgIpc) is 2.71. The lowest BCUT2D eigenvalue weighted by Crippen LogP contribution is -2.20. The smallest absolute Gasteiger partial charge is 0.340 e. The molecule has 150 valence electrons. The number of nitrogens with one attached hydrogen (secondary N) is 1. The highest BCUT2D eigenvalue weighted by Gasteiger charge is 2.16. The van der Waals surface area contributed by atoms with E-state index in [1.54, 1.807) is 43.3 Å². The number of aryl methyl sites for hydroxylation is 1. The van der Waals surface area contributed by atoms with Gasteiger partial charge in [-0.3, -0.25) is 9.59 Å². The van der Waals surface area contributed by atoms with Gasteiger partial charge in [0.2, 0.25) is 0 Å². The fourth-order valence-electron chi connectivity index (χ4n) is 2.76. The van der Waals surface area contributed by atoms with Crippen molar-refractivity contribution in [3.8, 4) is 5.75 Å². The van der Waals surface area contributed by atoms with E-state index < -0.39 is 11.6 Å². The number of amides is 1. The van der Waals surface area contributed by atoms with E-state index in [0.717, 1.165) is 0 Å². The predicted molar refractivity (Wildman–Crippen MR) is 109 cm³/mol. The quantitative estimate of drug-likeness (QED) is 0.489. The minimum Gasteiger partial charge on any atom is -0.484 e. The van der Waals surface area contributed by atoms with Crippen LogP contribution in [0.4, 0.5) is 5.69 Å². The summed E-state index contributed by atoms with van der Waals surface area (Å²) in [7, 11) is 1.26. The van der Waals surface area contributed by atoms with Crippen LogP contribution in [0.2, 0.25) is 5.02 Å². The van der Waals surface area contributed by atoms with Gasteiger partial charge in [-0.15, -0.1) is 0 Å². The molecule has 0 saturated heterocycles. The van der Waals surface area contributed by atoms with Crippen LogP contribution in [-0.2, 0) is 20.7 Å². The predicted octanol–water partition coefficient (Wildman–Crippen LogP) is 3.49. The Labute approximate surface area is 171 Å². The summed E-state index contributed by atoms with van der Waals surface area (Å²) in [4.78, 5) is 35.8. The zero-order chi connectivity index (χ0) is 21.0. The van der Waals surface area contributed by atoms with Gasteiger partial charge >= 0.3 is 11.6 Å². The zero-order valence-electron chi connectivity index (χ0n) is 15.8. The standard InChI is InChI=1S/C21H18ClNO6/c1-12-16-8-7-15(9-18(16)29-21(26)17(12)10-20(25)27-2)28-11-19(24)23-14-5-3-13(22)4-6-14/h3-9H,10-11H2,1-2H3,(H,23,24). The van der Waals surface area contributed by atoms with Crippen LogP contribution in [0.25, 0.3) is 11.0 Å². The Morgan fingerprint density at radius 3 is 2.55 bits per heavy atom. The first-order chi connectivity index (χ1) is 13.9. The van der Waals surface area contributed by atoms with Crippen molar-refractivity contribution in [2.45, 2.75) is 13.3 Å². The number of rotatable bonds is 6. The minimum atomic E-state index is -0.613. The molecule has 1 aromatic heterocycles. The number of fused-ring (bicyclic) bond motifs is 1. The van der Waals surface area contributed by atoms with Crippen molar-refractivity contribution in [2.24, 2.45) is 0 Å². The lowest BCUT2D eigenvalue weighted by molar-refractivity contribution is -0.139. The summed E-state index contributed by atoms with van der Waals surface area (Å²) in [5.74, 6) is -0.503. The fourth-order valence-corrected chi connectivity index (χ4v) is 2.89. The normalized spacial score (nSPS) is 10.6. The monoisotopic (exact) mass is 415 g/mol. The molecule has 0 spiro atoms. The fraction of sp³-hybridized carbons (Fsp3) is 0.190. The largest absolute Gasteiger partial charge is 0.484 e. The number of hydrogen-bond donors (Lipinski definition) is 1. The number of methoxy groups -OCH3 is 1. The van der Waals surface area contributed by atoms with E-state index in [1.807, 2.05) is 0 Å². The Hall–Kier alpha value is -3.32. The molecule has 0 radical (unpaired) electrons. The van der Waals surface area contributed by atoms with Gasteiger partial charge in [0, 0.05) is 22.2 Å². The molecular formula is C21H18ClNO6. The van der Waals surface area contributed by atoms with Gasteiger partial charge in [-0.05, 0) is 48.9 Å². The average molecular weight is 416 g/mol. The topological polar surface area (TPSA) is 94.8 Å². The van der Waals surface area contributed by atoms with E-state index in [1.165, 1.54) is 13.2 Å². The van der Waals surface area contributed by atoms with Crippen molar-refractivity contribution in [1.82, 2.24) is 0 Å². The lowest BCUT2D eigenvalue weighted by atomic mass is 10.0. The summed E-state index contributed by atoms with van der Waals surface area (Å²) < 4.78 is 15.4. The molecule has 0 aliphatic rings. The van der Waals surface area contributed by atoms with Gasteiger partial charge in [-0.1, -0.05) is 11.6 Å². The van der Waals surface area contributed by atoms with Gasteiger partial charge in [0.05, 0.1) is 19.1 Å². The number of halogens is 1. The molecule has 1 heterocycles. The van der Waals surface area contributed by atoms with Crippen molar-refractivity contribution >= 4 is 40.1 Å². The summed E-state index contributed by atoms with van der Waals surface area (Å²) in [6.45, 7) is 1.51. The number of anilines is 1. The first-order valence-electron chi connectivity index (χ1n) is 8.68. The minimum absolute atomic E-state index is 0.163. The molecule has 0 aliphatic heterocycles. The van der Waals surface area contributed by atoms with Crippen LogP contribution in [0, 0.1) is 6.92 Å². The summed E-state index contributed by atoms with van der Waals surface area (Å²) in [6.07, 6.45) is -0.163. The first-order valence-corrected chi connectivity index (χ1v) is 9.06. The van der Waals surface area contributed by atoms with Gasteiger partial charge in [0.1, 0.15) is 11.3 Å². The van der Waals surface area contributed by atoms with Crippen molar-refractivity contribution in [1.29, 1.82) is 0 Å². The van der Waals surface area contributed by atoms with Gasteiger partial charge in [-0.25, -0.2) is 4.79 Å². The maximum Gasteiger partial charge on any atom is 0.340 e. The Morgan fingerprint density at radius 2 is 1.86 bits per heavy atom. The molecule has 0 saturated carbocycles. The Morgan fingerprint density at radius 1 is 1.14 bits per heavy atom. The van der Waals surface area contributed by atoms with Gasteiger partial charge in [0.15, 0.2) is 6.61 Å². The van der Waals surface area contributed by atoms with Crippen LogP contribution in [0.1, 0.15) is 11.1 Å². The third-order valence-electron chi connectivity index (χ3n) is 4.31. The number of benzene rings is 2. The summed E-state index contributed by atoms with van der Waals surface area (Å²) in [5, 5.41) is 3.93. The number of hydrogen-bond acceptors (Lipinski definition) is 6. The molecule has 0 unspecified atom stereocenters. The molecule has 0 fully saturated rings. The highest BCUT2D eigenvalue weighted by atomic mass is 35.5. The molecule has 0 aliphatic carbocycles. The van der Waals surface area contributed by atoms with Crippen molar-refractivity contribution < 1.29 is 23.5 Å². The highest BCUT2D eigenvalue weighted by Crippen LogP contribution is 2.24. The first kappa shape index (κ1) is 20.4. The molecule has 0 atom stereocenters. The van der Waals surface area contributed by atoms with Crippen LogP contribution < -0.4 is 15.7 Å². The molecule has 29 heavy (non-hydrogen) atoms. The third kappa shape index (κ3) is 4.94. The third-order valence-corrected chi connectivity index (χ3v) is 4.56. The van der Waals surface area contributed by atoms with Crippen molar-refractivity contribution in [2.75, 3.05) is 19.0 Å². The zero-order valence-corrected chi connectivity index (χ0v) is 16.5. The lowest BCUT2D eigenvalue weighted by Gasteiger charge is -2.10. The number of esters is 1. The number of carbonyl (C=O) groups is 2. The van der Waals surface area contributed by atoms with Crippen LogP contribution in [0.3, 0.4) is 0 Å². The Kier molecular flexibility index (Phi) is 6.19. The Bertz CT molecular complexity index is 1120. The number of ether oxygens (including phenoxy) is 2. The van der Waals surface area contributed by atoms with E-state index in [-0.39, 0.29) is 24.5 Å². The second-order valence-electron chi connectivity index (χ2n) is 6.25. The second-order valence-corrected chi connectivity index (χ2v) is 6.68. The van der Waals surface area contributed by atoms with Crippen LogP contribution >= 0.6 is 11.6 Å². The van der Waals surface area contributed by atoms with E-state index in [0.29, 0.717) is 33.0 Å². The molecule has 0 bridgehead atoms. The maximum atomic E-state index is 12.2. The molecule has 3 aromatic rings. The molecule has 3 rings (SSSR count). The van der Waals surface area contributed by atoms with Gasteiger partial charge < -0.3 is 19.2 Å². The van der Waals surface area contributed by atoms with Crippen LogP contribution in [-0.4, -0.2) is 25.6 Å². The molecule has 1 N–H and O–H groups in total. The number of carbonyl (C=O) groups excluding carboxylic acids is 2. The van der Waals surface area contributed by atoms with Crippen molar-refractivity contribution in [3.63, 3.8) is 0 Å². The van der Waals surface area contributed by atoms with E-state index >= 15 is 0 Å². The SMILES string of the molecule is COC(=O)Cc1c(C)c2ccc(OCC(=O)Nc3ccc(Cl)cc3)cc2oc1=O. The van der Waals surface area contributed by atoms with E-state index in [9.17, 15) is 14.4 Å². The molecule has 7 nitrogen and oxygen atoms in total. The van der Waals surface area contributed by atoms with Crippen LogP contribution in [0.15, 0.2) is 51.7 Å². The summed E-state index contributed by atoms with van der Waals surface area (Å²) in [5.41, 5.74) is 1.17. The molecule has 8 heteroatoms. The maximum absolute atomic E-state index is 12.2. The molecule has 1 amide bonds. The second kappa shape index (κ2) is 8.79. The summed E-state index contributed by atoms with van der Waals surface area (Å²) in [6, 6.07) is 11.6. The molecule has 2 aromatic carbocycles. The molecular weight excluding hydrogens is 398 g/mol. The van der Waals surface area contributed by atoms with Gasteiger partial charge in [0.25, 0.3) is 5.91 Å². The van der Waals surface area contributed by atoms with E-state index in [4.69, 9.17) is 20.8 Å². The van der Waals surface area contributed by atoms with Crippen LogP contribution in [0.5, 0.6) is 5.75 Å². The van der Waals surface area contributed by atoms with Crippen molar-refractivity contribution in [3.05, 3.63) is 69.0 Å².